The Labute approximate surface area is 208 Å². The first-order valence-electron chi connectivity index (χ1n) is 13.1. The SMILES string of the molecule is Cc1ncccc1C=CC1=CCC2C34CCC5(CC(N(C)C)C(O)C(O)C5=CC3=CC(C)C12C)O4. The van der Waals surface area contributed by atoms with Crippen molar-refractivity contribution >= 4 is 6.08 Å². The summed E-state index contributed by atoms with van der Waals surface area (Å²) in [4.78, 5) is 6.48. The van der Waals surface area contributed by atoms with Gasteiger partial charge in [-0.15, -0.1) is 0 Å². The Bertz CT molecular complexity index is 1180. The monoisotopic (exact) mass is 474 g/mol. The van der Waals surface area contributed by atoms with E-state index in [0.29, 0.717) is 11.8 Å². The molecule has 3 heterocycles. The van der Waals surface area contributed by atoms with Crippen LogP contribution in [-0.2, 0) is 4.74 Å². The van der Waals surface area contributed by atoms with E-state index in [1.165, 1.54) is 11.1 Å². The lowest BCUT2D eigenvalue weighted by Crippen LogP contribution is -2.62. The fourth-order valence-corrected chi connectivity index (χ4v) is 7.97. The first-order valence-corrected chi connectivity index (χ1v) is 13.1. The molecule has 0 aromatic carbocycles. The molecule has 1 saturated heterocycles. The molecule has 6 rings (SSSR count). The third-order valence-corrected chi connectivity index (χ3v) is 10.2. The lowest BCUT2D eigenvalue weighted by molar-refractivity contribution is -0.166. The summed E-state index contributed by atoms with van der Waals surface area (Å²) in [5, 5.41) is 22.1. The topological polar surface area (TPSA) is 65.8 Å². The van der Waals surface area contributed by atoms with Crippen LogP contribution in [0.4, 0.5) is 0 Å². The molecule has 5 heteroatoms. The van der Waals surface area contributed by atoms with E-state index in [9.17, 15) is 10.2 Å². The van der Waals surface area contributed by atoms with Gasteiger partial charge in [-0.2, -0.15) is 0 Å². The van der Waals surface area contributed by atoms with Gasteiger partial charge in [0.05, 0.1) is 17.3 Å². The van der Waals surface area contributed by atoms with Crippen LogP contribution in [0.5, 0.6) is 0 Å². The molecule has 8 unspecified atom stereocenters. The number of aromatic nitrogens is 1. The third kappa shape index (κ3) is 3.05. The summed E-state index contributed by atoms with van der Waals surface area (Å²) in [6.07, 6.45) is 15.2. The Morgan fingerprint density at radius 2 is 2.00 bits per heavy atom. The number of nitrogens with zero attached hydrogens (tertiary/aromatic N) is 2. The van der Waals surface area contributed by atoms with Crippen molar-refractivity contribution in [2.24, 2.45) is 17.3 Å². The third-order valence-electron chi connectivity index (χ3n) is 10.2. The van der Waals surface area contributed by atoms with Crippen molar-refractivity contribution in [1.29, 1.82) is 0 Å². The molecule has 5 nitrogen and oxygen atoms in total. The molecule has 1 saturated carbocycles. The van der Waals surface area contributed by atoms with E-state index in [-0.39, 0.29) is 17.1 Å². The second-order valence-corrected chi connectivity index (χ2v) is 11.9. The number of hydrogen-bond acceptors (Lipinski definition) is 5. The molecule has 2 spiro atoms. The zero-order valence-electron chi connectivity index (χ0n) is 21.5. The Kier molecular flexibility index (Phi) is 5.15. The molecule has 186 valence electrons. The zero-order valence-corrected chi connectivity index (χ0v) is 21.5. The van der Waals surface area contributed by atoms with Gasteiger partial charge in [0.2, 0.25) is 0 Å². The van der Waals surface area contributed by atoms with Crippen LogP contribution in [0.25, 0.3) is 6.08 Å². The summed E-state index contributed by atoms with van der Waals surface area (Å²) in [7, 11) is 3.96. The van der Waals surface area contributed by atoms with Gasteiger partial charge in [0, 0.05) is 29.3 Å². The van der Waals surface area contributed by atoms with E-state index < -0.39 is 17.8 Å². The molecule has 8 atom stereocenters. The fraction of sp³-hybridized carbons (Fsp3) is 0.567. The van der Waals surface area contributed by atoms with Crippen molar-refractivity contribution in [3.63, 3.8) is 0 Å². The molecule has 1 aromatic rings. The van der Waals surface area contributed by atoms with Gasteiger partial charge in [-0.3, -0.25) is 4.98 Å². The first kappa shape index (κ1) is 23.4. The number of allylic oxidation sites excluding steroid dienone is 4. The average molecular weight is 475 g/mol. The highest BCUT2D eigenvalue weighted by molar-refractivity contribution is 5.58. The number of likely N-dealkylation sites (N-methyl/N-ethyl adjacent to an activating group) is 1. The Morgan fingerprint density at radius 1 is 1.20 bits per heavy atom. The minimum absolute atomic E-state index is 0.0271. The van der Waals surface area contributed by atoms with Gasteiger partial charge >= 0.3 is 0 Å². The molecular weight excluding hydrogens is 436 g/mol. The van der Waals surface area contributed by atoms with Crippen LogP contribution in [0, 0.1) is 24.2 Å². The van der Waals surface area contributed by atoms with Crippen molar-refractivity contribution in [3.8, 4) is 0 Å². The molecule has 0 radical (unpaired) electrons. The quantitative estimate of drug-likeness (QED) is 0.687. The predicted molar refractivity (Wildman–Crippen MR) is 138 cm³/mol. The standard InChI is InChI=1S/C30H38N2O3/c1-18-15-22-16-23-26(33)27(34)24(32(4)5)17-29(23)12-13-30(22,35-29)25-11-10-21(28(18,25)3)9-8-20-7-6-14-31-19(20)2/h6-10,14-16,18,24-27,33-34H,11-13,17H2,1-5H3. The molecule has 0 amide bonds. The Balaban J connectivity index is 1.39. The lowest BCUT2D eigenvalue weighted by atomic mass is 9.55. The van der Waals surface area contributed by atoms with Gasteiger partial charge < -0.3 is 19.8 Å². The average Bonchev–Trinajstić information content (AvgIpc) is 3.34. The van der Waals surface area contributed by atoms with Crippen LogP contribution in [0.2, 0.25) is 0 Å². The maximum absolute atomic E-state index is 11.2. The van der Waals surface area contributed by atoms with Crippen molar-refractivity contribution in [2.45, 2.75) is 75.9 Å². The van der Waals surface area contributed by atoms with Gasteiger partial charge in [-0.05, 0) is 81.0 Å². The lowest BCUT2D eigenvalue weighted by Gasteiger charge is -2.57. The van der Waals surface area contributed by atoms with Crippen LogP contribution >= 0.6 is 0 Å². The van der Waals surface area contributed by atoms with E-state index in [2.05, 4.69) is 62.2 Å². The van der Waals surface area contributed by atoms with Crippen molar-refractivity contribution in [1.82, 2.24) is 9.88 Å². The molecular formula is C30H38N2O3. The maximum atomic E-state index is 11.2. The van der Waals surface area contributed by atoms with Gasteiger partial charge in [0.25, 0.3) is 0 Å². The van der Waals surface area contributed by atoms with Gasteiger partial charge in [0.1, 0.15) is 6.10 Å². The summed E-state index contributed by atoms with van der Waals surface area (Å²) >= 11 is 0. The van der Waals surface area contributed by atoms with Crippen LogP contribution in [0.15, 0.2) is 59.4 Å². The second-order valence-electron chi connectivity index (χ2n) is 11.9. The van der Waals surface area contributed by atoms with E-state index in [1.54, 1.807) is 0 Å². The van der Waals surface area contributed by atoms with Gasteiger partial charge in [-0.25, -0.2) is 0 Å². The first-order chi connectivity index (χ1) is 16.6. The van der Waals surface area contributed by atoms with Crippen LogP contribution < -0.4 is 0 Å². The second kappa shape index (κ2) is 7.72. The molecule has 35 heavy (non-hydrogen) atoms. The molecule has 5 aliphatic rings. The van der Waals surface area contributed by atoms with Crippen molar-refractivity contribution in [3.05, 3.63) is 70.6 Å². The number of rotatable bonds is 3. The number of hydrogen-bond donors (Lipinski definition) is 2. The molecule has 2 fully saturated rings. The highest BCUT2D eigenvalue weighted by atomic mass is 16.5. The van der Waals surface area contributed by atoms with E-state index >= 15 is 0 Å². The summed E-state index contributed by atoms with van der Waals surface area (Å²) in [6.45, 7) is 6.79. The van der Waals surface area contributed by atoms with E-state index in [4.69, 9.17) is 4.74 Å². The van der Waals surface area contributed by atoms with Gasteiger partial charge in [-0.1, -0.05) is 50.3 Å². The highest BCUT2D eigenvalue weighted by Gasteiger charge is 2.68. The zero-order chi connectivity index (χ0) is 24.8. The number of aryl methyl sites for hydroxylation is 1. The number of fused-ring (bicyclic) bond motifs is 1. The Morgan fingerprint density at radius 3 is 2.74 bits per heavy atom. The number of pyridine rings is 1. The van der Waals surface area contributed by atoms with Crippen molar-refractivity contribution in [2.75, 3.05) is 14.1 Å². The smallest absolute Gasteiger partial charge is 0.105 e. The summed E-state index contributed by atoms with van der Waals surface area (Å²) < 4.78 is 7.24. The molecule has 3 aliphatic carbocycles. The minimum Gasteiger partial charge on any atom is -0.388 e. The minimum atomic E-state index is -0.889. The maximum Gasteiger partial charge on any atom is 0.105 e. The normalized spacial score (nSPS) is 44.0. The molecule has 2 bridgehead atoms. The van der Waals surface area contributed by atoms with Crippen LogP contribution in [0.3, 0.4) is 0 Å². The number of aliphatic hydroxyl groups is 2. The Hall–Kier alpha value is -2.05. The predicted octanol–water partition coefficient (Wildman–Crippen LogP) is 4.22. The molecule has 2 aliphatic heterocycles. The number of aliphatic hydroxyl groups excluding tert-OH is 2. The summed E-state index contributed by atoms with van der Waals surface area (Å²) in [5.41, 5.74) is 4.83. The summed E-state index contributed by atoms with van der Waals surface area (Å²) in [5.74, 6) is 0.675. The molecule has 2 N–H and O–H groups in total. The van der Waals surface area contributed by atoms with E-state index in [1.807, 2.05) is 31.3 Å². The van der Waals surface area contributed by atoms with Crippen molar-refractivity contribution < 1.29 is 14.9 Å². The fourth-order valence-electron chi connectivity index (χ4n) is 7.97. The van der Waals surface area contributed by atoms with E-state index in [0.717, 1.165) is 42.5 Å². The van der Waals surface area contributed by atoms with Gasteiger partial charge in [0.15, 0.2) is 0 Å². The van der Waals surface area contributed by atoms with Crippen LogP contribution in [0.1, 0.15) is 50.8 Å². The largest absolute Gasteiger partial charge is 0.388 e. The summed E-state index contributed by atoms with van der Waals surface area (Å²) in [6, 6.07) is 3.99. The molecule has 1 aromatic heterocycles. The van der Waals surface area contributed by atoms with Crippen LogP contribution in [-0.4, -0.2) is 63.6 Å². The highest BCUT2D eigenvalue weighted by Crippen LogP contribution is 2.67. The number of ether oxygens (including phenoxy) is 1.